The van der Waals surface area contributed by atoms with E-state index in [0.717, 1.165) is 5.69 Å². The molecule has 2 aromatic rings. The Morgan fingerprint density at radius 2 is 2.00 bits per heavy atom. The van der Waals surface area contributed by atoms with Gasteiger partial charge in [-0.05, 0) is 42.7 Å². The zero-order chi connectivity index (χ0) is 14.0. The van der Waals surface area contributed by atoms with Crippen molar-refractivity contribution in [3.05, 3.63) is 47.5 Å². The molecule has 0 atom stereocenters. The summed E-state index contributed by atoms with van der Waals surface area (Å²) in [6, 6.07) is 7.38. The van der Waals surface area contributed by atoms with E-state index in [-0.39, 0.29) is 11.5 Å². The van der Waals surface area contributed by atoms with Gasteiger partial charge in [-0.2, -0.15) is 5.10 Å². The maximum absolute atomic E-state index is 12.9. The largest absolute Gasteiger partial charge is 0.476 e. The van der Waals surface area contributed by atoms with Crippen LogP contribution in [0.25, 0.3) is 5.69 Å². The second kappa shape index (κ2) is 5.22. The lowest BCUT2D eigenvalue weighted by atomic mass is 10.1. The third-order valence-electron chi connectivity index (χ3n) is 2.69. The van der Waals surface area contributed by atoms with Crippen LogP contribution in [0.5, 0.6) is 0 Å². The molecule has 1 N–H and O–H groups in total. The summed E-state index contributed by atoms with van der Waals surface area (Å²) >= 11 is 0. The smallest absolute Gasteiger partial charge is 0.356 e. The number of rotatable bonds is 4. The van der Waals surface area contributed by atoms with Crippen molar-refractivity contribution in [2.45, 2.75) is 20.3 Å². The molecule has 0 bridgehead atoms. The number of aromatic nitrogens is 2. The topological polar surface area (TPSA) is 55.1 Å². The Labute approximate surface area is 110 Å². The van der Waals surface area contributed by atoms with Crippen molar-refractivity contribution in [1.82, 2.24) is 9.78 Å². The summed E-state index contributed by atoms with van der Waals surface area (Å²) in [5, 5.41) is 13.1. The maximum Gasteiger partial charge on any atom is 0.356 e. The first kappa shape index (κ1) is 13.3. The van der Waals surface area contributed by atoms with Crippen LogP contribution in [0.15, 0.2) is 30.3 Å². The quantitative estimate of drug-likeness (QED) is 0.921. The van der Waals surface area contributed by atoms with Crippen LogP contribution in [-0.2, 0) is 6.42 Å². The Hall–Kier alpha value is -2.17. The Morgan fingerprint density at radius 1 is 1.37 bits per heavy atom. The van der Waals surface area contributed by atoms with E-state index in [1.165, 1.54) is 12.1 Å². The van der Waals surface area contributed by atoms with Crippen molar-refractivity contribution < 1.29 is 14.3 Å². The van der Waals surface area contributed by atoms with Gasteiger partial charge in [-0.25, -0.2) is 13.9 Å². The van der Waals surface area contributed by atoms with Crippen molar-refractivity contribution >= 4 is 5.97 Å². The Balaban J connectivity index is 2.47. The van der Waals surface area contributed by atoms with Gasteiger partial charge in [0.1, 0.15) is 5.82 Å². The summed E-state index contributed by atoms with van der Waals surface area (Å²) in [4.78, 5) is 11.0. The number of benzene rings is 1. The number of carboxylic acid groups (broad SMARTS) is 1. The number of hydrogen-bond donors (Lipinski definition) is 1. The highest BCUT2D eigenvalue weighted by atomic mass is 19.1. The van der Waals surface area contributed by atoms with Crippen molar-refractivity contribution in [2.75, 3.05) is 0 Å². The summed E-state index contributed by atoms with van der Waals surface area (Å²) < 4.78 is 14.5. The number of aromatic carboxylic acids is 1. The molecule has 0 aliphatic heterocycles. The molecule has 4 nitrogen and oxygen atoms in total. The molecule has 0 fully saturated rings. The molecule has 2 rings (SSSR count). The molecule has 1 heterocycles. The Bertz CT molecular complexity index is 588. The van der Waals surface area contributed by atoms with Gasteiger partial charge in [-0.15, -0.1) is 0 Å². The van der Waals surface area contributed by atoms with Crippen molar-refractivity contribution in [1.29, 1.82) is 0 Å². The molecule has 0 aliphatic rings. The standard InChI is InChI=1S/C14H15FN2O2/c1-9(2)7-12-8-13(14(18)19)16-17(12)11-5-3-10(15)4-6-11/h3-6,8-9H,7H2,1-2H3,(H,18,19). The number of halogens is 1. The first-order valence-electron chi connectivity index (χ1n) is 6.05. The molecule has 0 radical (unpaired) electrons. The zero-order valence-corrected chi connectivity index (χ0v) is 10.8. The van der Waals surface area contributed by atoms with Crippen molar-refractivity contribution in [3.8, 4) is 5.69 Å². The first-order valence-corrected chi connectivity index (χ1v) is 6.05. The summed E-state index contributed by atoms with van der Waals surface area (Å²) in [6.45, 7) is 4.09. The number of hydrogen-bond acceptors (Lipinski definition) is 2. The van der Waals surface area contributed by atoms with Gasteiger partial charge < -0.3 is 5.11 Å². The molecule has 0 unspecified atom stereocenters. The van der Waals surface area contributed by atoms with Crippen LogP contribution in [0.4, 0.5) is 4.39 Å². The Kier molecular flexibility index (Phi) is 3.64. The molecule has 19 heavy (non-hydrogen) atoms. The van der Waals surface area contributed by atoms with Crippen LogP contribution in [0.3, 0.4) is 0 Å². The van der Waals surface area contributed by atoms with Gasteiger partial charge >= 0.3 is 5.97 Å². The van der Waals surface area contributed by atoms with E-state index in [1.54, 1.807) is 22.9 Å². The van der Waals surface area contributed by atoms with E-state index in [2.05, 4.69) is 5.10 Å². The fraction of sp³-hybridized carbons (Fsp3) is 0.286. The first-order chi connectivity index (χ1) is 8.97. The van der Waals surface area contributed by atoms with Crippen LogP contribution >= 0.6 is 0 Å². The minimum Gasteiger partial charge on any atom is -0.476 e. The van der Waals surface area contributed by atoms with E-state index in [1.807, 2.05) is 13.8 Å². The fourth-order valence-corrected chi connectivity index (χ4v) is 1.89. The predicted molar refractivity (Wildman–Crippen MR) is 69.0 cm³/mol. The molecule has 0 amide bonds. The minimum atomic E-state index is -1.06. The molecular weight excluding hydrogens is 247 g/mol. The van der Waals surface area contributed by atoms with Crippen LogP contribution in [0, 0.1) is 11.7 Å². The van der Waals surface area contributed by atoms with E-state index in [0.29, 0.717) is 18.0 Å². The normalized spacial score (nSPS) is 10.9. The molecule has 0 aliphatic carbocycles. The molecular formula is C14H15FN2O2. The van der Waals surface area contributed by atoms with Gasteiger partial charge in [-0.3, -0.25) is 0 Å². The predicted octanol–water partition coefficient (Wildman–Crippen LogP) is 2.91. The average Bonchev–Trinajstić information content (AvgIpc) is 2.73. The number of carbonyl (C=O) groups is 1. The van der Waals surface area contributed by atoms with Gasteiger partial charge in [-0.1, -0.05) is 13.8 Å². The summed E-state index contributed by atoms with van der Waals surface area (Å²) in [5.41, 5.74) is 1.46. The maximum atomic E-state index is 12.9. The highest BCUT2D eigenvalue weighted by molar-refractivity contribution is 5.85. The second-order valence-electron chi connectivity index (χ2n) is 4.81. The third-order valence-corrected chi connectivity index (χ3v) is 2.69. The second-order valence-corrected chi connectivity index (χ2v) is 4.81. The van der Waals surface area contributed by atoms with E-state index < -0.39 is 5.97 Å². The van der Waals surface area contributed by atoms with Crippen LogP contribution in [0.2, 0.25) is 0 Å². The fourth-order valence-electron chi connectivity index (χ4n) is 1.89. The summed E-state index contributed by atoms with van der Waals surface area (Å²) in [7, 11) is 0. The van der Waals surface area contributed by atoms with Crippen molar-refractivity contribution in [2.24, 2.45) is 5.92 Å². The summed E-state index contributed by atoms with van der Waals surface area (Å²) in [6.07, 6.45) is 0.706. The zero-order valence-electron chi connectivity index (χ0n) is 10.8. The van der Waals surface area contributed by atoms with Gasteiger partial charge in [0.05, 0.1) is 5.69 Å². The lowest BCUT2D eigenvalue weighted by Crippen LogP contribution is -2.06. The average molecular weight is 262 g/mol. The molecule has 100 valence electrons. The summed E-state index contributed by atoms with van der Waals surface area (Å²) in [5.74, 6) is -1.02. The van der Waals surface area contributed by atoms with Gasteiger partial charge in [0.25, 0.3) is 0 Å². The lowest BCUT2D eigenvalue weighted by molar-refractivity contribution is 0.0690. The number of carboxylic acids is 1. The minimum absolute atomic E-state index is 0.0000231. The van der Waals surface area contributed by atoms with Gasteiger partial charge in [0, 0.05) is 5.69 Å². The van der Waals surface area contributed by atoms with Gasteiger partial charge in [0.15, 0.2) is 5.69 Å². The van der Waals surface area contributed by atoms with Crippen LogP contribution < -0.4 is 0 Å². The van der Waals surface area contributed by atoms with E-state index in [4.69, 9.17) is 5.11 Å². The molecule has 1 aromatic heterocycles. The van der Waals surface area contributed by atoms with Crippen LogP contribution in [0.1, 0.15) is 30.0 Å². The van der Waals surface area contributed by atoms with Crippen LogP contribution in [-0.4, -0.2) is 20.9 Å². The van der Waals surface area contributed by atoms with Gasteiger partial charge in [0.2, 0.25) is 0 Å². The van der Waals surface area contributed by atoms with E-state index in [9.17, 15) is 9.18 Å². The molecule has 0 saturated carbocycles. The Morgan fingerprint density at radius 3 is 2.53 bits per heavy atom. The molecule has 0 saturated heterocycles. The lowest BCUT2D eigenvalue weighted by Gasteiger charge is -2.09. The monoisotopic (exact) mass is 262 g/mol. The third kappa shape index (κ3) is 2.99. The van der Waals surface area contributed by atoms with Crippen molar-refractivity contribution in [3.63, 3.8) is 0 Å². The molecule has 1 aromatic carbocycles. The molecule has 0 spiro atoms. The highest BCUT2D eigenvalue weighted by Crippen LogP contribution is 2.16. The van der Waals surface area contributed by atoms with E-state index >= 15 is 0 Å². The highest BCUT2D eigenvalue weighted by Gasteiger charge is 2.15. The SMILES string of the molecule is CC(C)Cc1cc(C(=O)O)nn1-c1ccc(F)cc1. The number of nitrogens with zero attached hydrogens (tertiary/aromatic N) is 2. The molecule has 5 heteroatoms.